The zero-order valence-corrected chi connectivity index (χ0v) is 11.7. The van der Waals surface area contributed by atoms with Gasteiger partial charge in [-0.2, -0.15) is 0 Å². The SMILES string of the molecule is CC1(C)Cc2cc3c(cc2C(=CC(N)=O)N1)OCCO3. The molecule has 2 heterocycles. The summed E-state index contributed by atoms with van der Waals surface area (Å²) in [5.41, 5.74) is 7.97. The van der Waals surface area contributed by atoms with Gasteiger partial charge in [0.2, 0.25) is 5.91 Å². The van der Waals surface area contributed by atoms with Crippen LogP contribution in [0, 0.1) is 0 Å². The van der Waals surface area contributed by atoms with Crippen molar-refractivity contribution >= 4 is 11.6 Å². The van der Waals surface area contributed by atoms with Gasteiger partial charge < -0.3 is 20.5 Å². The molecule has 5 heteroatoms. The average Bonchev–Trinajstić information content (AvgIpc) is 2.35. The van der Waals surface area contributed by atoms with E-state index < -0.39 is 5.91 Å². The van der Waals surface area contributed by atoms with Crippen LogP contribution in [0.2, 0.25) is 0 Å². The van der Waals surface area contributed by atoms with Gasteiger partial charge in [0.1, 0.15) is 13.2 Å². The van der Waals surface area contributed by atoms with E-state index in [0.717, 1.165) is 29.0 Å². The smallest absolute Gasteiger partial charge is 0.243 e. The molecular formula is C15H18N2O3. The Morgan fingerprint density at radius 1 is 1.30 bits per heavy atom. The van der Waals surface area contributed by atoms with E-state index in [-0.39, 0.29) is 5.54 Å². The highest BCUT2D eigenvalue weighted by atomic mass is 16.6. The normalized spacial score (nSPS) is 21.0. The topological polar surface area (TPSA) is 73.6 Å². The largest absolute Gasteiger partial charge is 0.486 e. The first kappa shape index (κ1) is 12.8. The summed E-state index contributed by atoms with van der Waals surface area (Å²) in [6.45, 7) is 5.28. The Morgan fingerprint density at radius 3 is 2.60 bits per heavy atom. The molecule has 0 spiro atoms. The molecular weight excluding hydrogens is 256 g/mol. The number of nitrogens with one attached hydrogen (secondary N) is 1. The lowest BCUT2D eigenvalue weighted by atomic mass is 9.85. The molecule has 1 amide bonds. The Bertz CT molecular complexity index is 605. The summed E-state index contributed by atoms with van der Waals surface area (Å²) in [4.78, 5) is 11.2. The van der Waals surface area contributed by atoms with Crippen molar-refractivity contribution in [1.29, 1.82) is 0 Å². The van der Waals surface area contributed by atoms with Gasteiger partial charge in [0.05, 0.1) is 0 Å². The summed E-state index contributed by atoms with van der Waals surface area (Å²) >= 11 is 0. The van der Waals surface area contributed by atoms with Gasteiger partial charge in [0.15, 0.2) is 11.5 Å². The lowest BCUT2D eigenvalue weighted by molar-refractivity contribution is -0.113. The van der Waals surface area contributed by atoms with Crippen molar-refractivity contribution in [1.82, 2.24) is 5.32 Å². The third kappa shape index (κ3) is 2.31. The second-order valence-corrected chi connectivity index (χ2v) is 5.80. The molecule has 1 aromatic carbocycles. The van der Waals surface area contributed by atoms with E-state index in [9.17, 15) is 4.79 Å². The molecule has 0 fully saturated rings. The number of benzene rings is 1. The monoisotopic (exact) mass is 274 g/mol. The predicted octanol–water partition coefficient (Wildman–Crippen LogP) is 1.21. The third-order valence-electron chi connectivity index (χ3n) is 3.45. The fourth-order valence-electron chi connectivity index (χ4n) is 2.74. The van der Waals surface area contributed by atoms with Gasteiger partial charge in [0.25, 0.3) is 0 Å². The molecule has 0 atom stereocenters. The van der Waals surface area contributed by atoms with Gasteiger partial charge in [-0.15, -0.1) is 0 Å². The Kier molecular flexibility index (Phi) is 2.85. The minimum Gasteiger partial charge on any atom is -0.486 e. The fraction of sp³-hybridized carbons (Fsp3) is 0.400. The van der Waals surface area contributed by atoms with Crippen molar-refractivity contribution in [2.24, 2.45) is 5.73 Å². The summed E-state index contributed by atoms with van der Waals surface area (Å²) in [5, 5.41) is 3.35. The summed E-state index contributed by atoms with van der Waals surface area (Å²) in [5.74, 6) is 1.02. The van der Waals surface area contributed by atoms with Crippen LogP contribution < -0.4 is 20.5 Å². The van der Waals surface area contributed by atoms with E-state index in [4.69, 9.17) is 15.2 Å². The summed E-state index contributed by atoms with van der Waals surface area (Å²) in [7, 11) is 0. The Morgan fingerprint density at radius 2 is 1.95 bits per heavy atom. The molecule has 0 saturated heterocycles. The maximum atomic E-state index is 11.2. The van der Waals surface area contributed by atoms with Gasteiger partial charge in [0, 0.05) is 22.9 Å². The van der Waals surface area contributed by atoms with E-state index >= 15 is 0 Å². The number of ether oxygens (including phenoxy) is 2. The molecule has 20 heavy (non-hydrogen) atoms. The number of primary amides is 1. The molecule has 106 valence electrons. The maximum Gasteiger partial charge on any atom is 0.243 e. The number of rotatable bonds is 1. The van der Waals surface area contributed by atoms with Crippen molar-refractivity contribution in [3.63, 3.8) is 0 Å². The standard InChI is InChI=1S/C15H18N2O3/c1-15(2)8-9-5-12-13(20-4-3-19-12)6-10(9)11(17-15)7-14(16)18/h5-7,17H,3-4,8H2,1-2H3,(H2,16,18). The molecule has 1 aromatic rings. The van der Waals surface area contributed by atoms with Gasteiger partial charge in [-0.25, -0.2) is 0 Å². The third-order valence-corrected chi connectivity index (χ3v) is 3.45. The molecule has 2 aliphatic heterocycles. The number of fused-ring (bicyclic) bond motifs is 2. The molecule has 0 unspecified atom stereocenters. The van der Waals surface area contributed by atoms with E-state index in [1.165, 1.54) is 6.08 Å². The number of amides is 1. The first-order valence-electron chi connectivity index (χ1n) is 6.67. The highest BCUT2D eigenvalue weighted by Gasteiger charge is 2.30. The van der Waals surface area contributed by atoms with Crippen LogP contribution in [-0.4, -0.2) is 24.7 Å². The summed E-state index contributed by atoms with van der Waals surface area (Å²) in [6, 6.07) is 3.92. The average molecular weight is 274 g/mol. The molecule has 0 aromatic heterocycles. The minimum absolute atomic E-state index is 0.141. The van der Waals surface area contributed by atoms with Gasteiger partial charge in [-0.3, -0.25) is 4.79 Å². The highest BCUT2D eigenvalue weighted by molar-refractivity contribution is 5.94. The molecule has 5 nitrogen and oxygen atoms in total. The molecule has 3 N–H and O–H groups in total. The van der Waals surface area contributed by atoms with Crippen LogP contribution in [0.15, 0.2) is 18.2 Å². The number of nitrogens with two attached hydrogens (primary N) is 1. The molecule has 2 aliphatic rings. The molecule has 0 aliphatic carbocycles. The summed E-state index contributed by atoms with van der Waals surface area (Å²) in [6.07, 6.45) is 2.27. The predicted molar refractivity (Wildman–Crippen MR) is 75.5 cm³/mol. The van der Waals surface area contributed by atoms with Crippen molar-refractivity contribution in [2.45, 2.75) is 25.8 Å². The molecule has 0 radical (unpaired) electrons. The lowest BCUT2D eigenvalue weighted by Crippen LogP contribution is -2.44. The number of carbonyl (C=O) groups is 1. The van der Waals surface area contributed by atoms with E-state index in [1.54, 1.807) is 0 Å². The second kappa shape index (κ2) is 4.44. The first-order chi connectivity index (χ1) is 9.44. The quantitative estimate of drug-likeness (QED) is 0.755. The van der Waals surface area contributed by atoms with Gasteiger partial charge >= 0.3 is 0 Å². The Hall–Kier alpha value is -2.17. The number of hydrogen-bond donors (Lipinski definition) is 2. The van der Waals surface area contributed by atoms with Crippen LogP contribution in [0.3, 0.4) is 0 Å². The fourth-order valence-corrected chi connectivity index (χ4v) is 2.74. The number of carbonyl (C=O) groups excluding carboxylic acids is 1. The van der Waals surface area contributed by atoms with Crippen molar-refractivity contribution in [3.05, 3.63) is 29.3 Å². The highest BCUT2D eigenvalue weighted by Crippen LogP contribution is 2.39. The molecule has 3 rings (SSSR count). The maximum absolute atomic E-state index is 11.2. The zero-order chi connectivity index (χ0) is 14.3. The van der Waals surface area contributed by atoms with E-state index in [2.05, 4.69) is 19.2 Å². The Labute approximate surface area is 117 Å². The van der Waals surface area contributed by atoms with Crippen LogP contribution in [0.25, 0.3) is 5.70 Å². The Balaban J connectivity index is 2.13. The van der Waals surface area contributed by atoms with Crippen LogP contribution in [0.1, 0.15) is 25.0 Å². The minimum atomic E-state index is -0.467. The zero-order valence-electron chi connectivity index (χ0n) is 11.7. The molecule has 0 bridgehead atoms. The van der Waals surface area contributed by atoms with Gasteiger partial charge in [-0.1, -0.05) is 0 Å². The van der Waals surface area contributed by atoms with Crippen molar-refractivity contribution in [3.8, 4) is 11.5 Å². The van der Waals surface area contributed by atoms with E-state index in [1.807, 2.05) is 12.1 Å². The van der Waals surface area contributed by atoms with Crippen LogP contribution in [0.5, 0.6) is 11.5 Å². The van der Waals surface area contributed by atoms with Crippen LogP contribution in [-0.2, 0) is 11.2 Å². The molecule has 0 saturated carbocycles. The van der Waals surface area contributed by atoms with E-state index in [0.29, 0.717) is 19.0 Å². The van der Waals surface area contributed by atoms with Gasteiger partial charge in [-0.05, 0) is 38.0 Å². The lowest BCUT2D eigenvalue weighted by Gasteiger charge is -2.36. The van der Waals surface area contributed by atoms with Crippen LogP contribution >= 0.6 is 0 Å². The summed E-state index contributed by atoms with van der Waals surface area (Å²) < 4.78 is 11.2. The number of hydrogen-bond acceptors (Lipinski definition) is 4. The first-order valence-corrected chi connectivity index (χ1v) is 6.67. The van der Waals surface area contributed by atoms with Crippen molar-refractivity contribution < 1.29 is 14.3 Å². The van der Waals surface area contributed by atoms with Crippen molar-refractivity contribution in [2.75, 3.05) is 13.2 Å². The second-order valence-electron chi connectivity index (χ2n) is 5.80. The van der Waals surface area contributed by atoms with Crippen LogP contribution in [0.4, 0.5) is 0 Å².